The van der Waals surface area contributed by atoms with Crippen LogP contribution >= 0.6 is 11.3 Å². The Labute approximate surface area is 302 Å². The quantitative estimate of drug-likeness (QED) is 0.171. The third-order valence-electron chi connectivity index (χ3n) is 10.2. The van der Waals surface area contributed by atoms with E-state index in [0.717, 1.165) is 66.1 Å². The summed E-state index contributed by atoms with van der Waals surface area (Å²) in [6.45, 7) is 17.3. The molecule has 0 N–H and O–H groups in total. The number of hydrogen-bond acceptors (Lipinski definition) is 2. The van der Waals surface area contributed by atoms with E-state index >= 15 is 0 Å². The van der Waals surface area contributed by atoms with E-state index in [4.69, 9.17) is 13.1 Å². The highest BCUT2D eigenvalue weighted by Crippen LogP contribution is 2.41. The molecule has 0 aliphatic heterocycles. The molecular weight excluding hydrogens is 655 g/mol. The highest BCUT2D eigenvalue weighted by molar-refractivity contribution is 7.25. The van der Waals surface area contributed by atoms with Crippen molar-refractivity contribution in [3.8, 4) is 28.6 Å². The normalized spacial score (nSPS) is 11.5. The van der Waals surface area contributed by atoms with E-state index in [1.165, 1.54) is 25.7 Å². The van der Waals surface area contributed by atoms with E-state index in [1.54, 1.807) is 11.3 Å². The van der Waals surface area contributed by atoms with Crippen LogP contribution in [0.1, 0.15) is 11.1 Å². The van der Waals surface area contributed by atoms with Crippen LogP contribution in [0.4, 0.5) is 11.4 Å². The third kappa shape index (κ3) is 4.38. The van der Waals surface area contributed by atoms with Crippen molar-refractivity contribution in [1.29, 1.82) is 5.26 Å². The Kier molecular flexibility index (Phi) is 6.39. The minimum absolute atomic E-state index is 0.578. The summed E-state index contributed by atoms with van der Waals surface area (Å²) in [5.41, 5.74) is 11.5. The maximum Gasteiger partial charge on any atom is 0.188 e. The average molecular weight is 680 g/mol. The van der Waals surface area contributed by atoms with Gasteiger partial charge in [-0.2, -0.15) is 5.26 Å². The molecular formula is C46H25N5S. The number of aryl methyl sites for hydroxylation is 1. The van der Waals surface area contributed by atoms with Gasteiger partial charge in [0.2, 0.25) is 0 Å². The summed E-state index contributed by atoms with van der Waals surface area (Å²) in [5.74, 6) is 0. The van der Waals surface area contributed by atoms with Crippen LogP contribution in [0.3, 0.4) is 0 Å². The molecule has 0 amide bonds. The Hall–Kier alpha value is -7.17. The molecule has 0 aliphatic carbocycles. The molecule has 6 heteroatoms. The van der Waals surface area contributed by atoms with Crippen LogP contribution in [0.5, 0.6) is 0 Å². The highest BCUT2D eigenvalue weighted by atomic mass is 32.1. The molecule has 3 aromatic heterocycles. The first-order chi connectivity index (χ1) is 25.5. The molecule has 0 bridgehead atoms. The van der Waals surface area contributed by atoms with Crippen molar-refractivity contribution in [1.82, 2.24) is 9.13 Å². The largest absolute Gasteiger partial charge is 0.309 e. The zero-order valence-electron chi connectivity index (χ0n) is 27.8. The molecule has 0 spiro atoms. The fraction of sp³-hybridized carbons (Fsp3) is 0.0217. The second kappa shape index (κ2) is 11.2. The van der Waals surface area contributed by atoms with E-state index < -0.39 is 0 Å². The number of thiophene rings is 1. The second-order valence-corrected chi connectivity index (χ2v) is 14.3. The van der Waals surface area contributed by atoms with Crippen LogP contribution in [0.15, 0.2) is 133 Å². The fourth-order valence-electron chi connectivity index (χ4n) is 7.81. The zero-order chi connectivity index (χ0) is 35.1. The van der Waals surface area contributed by atoms with Crippen molar-refractivity contribution in [2.45, 2.75) is 6.92 Å². The molecule has 7 aromatic carbocycles. The van der Waals surface area contributed by atoms with Gasteiger partial charge in [0.05, 0.1) is 46.8 Å². The standard InChI is InChI=1S/C46H25N5S/c1-27-7-13-41-35(19-27)36-20-28(26-47)8-14-42(36)51(41)34-12-18-46-40(25-34)39-22-30(9-17-45(39)52-46)29-5-4-6-33(21-29)50-43-15-10-31(48-2)23-37(43)38-24-32(49-3)11-16-44(38)50/h4-25H,1H3. The number of rotatable bonds is 3. The third-order valence-corrected chi connectivity index (χ3v) is 11.3. The van der Waals surface area contributed by atoms with Gasteiger partial charge in [0.1, 0.15) is 0 Å². The minimum Gasteiger partial charge on any atom is -0.309 e. The van der Waals surface area contributed by atoms with E-state index in [9.17, 15) is 5.26 Å². The highest BCUT2D eigenvalue weighted by Gasteiger charge is 2.17. The maximum atomic E-state index is 9.66. The number of fused-ring (bicyclic) bond motifs is 9. The minimum atomic E-state index is 0.578. The number of nitrogens with zero attached hydrogens (tertiary/aromatic N) is 5. The molecule has 3 heterocycles. The Morgan fingerprint density at radius 2 is 1.08 bits per heavy atom. The first kappa shape index (κ1) is 29.7. The van der Waals surface area contributed by atoms with Crippen LogP contribution in [0, 0.1) is 31.4 Å². The molecule has 52 heavy (non-hydrogen) atoms. The van der Waals surface area contributed by atoms with Crippen molar-refractivity contribution in [2.75, 3.05) is 0 Å². The first-order valence-corrected chi connectivity index (χ1v) is 17.7. The molecule has 10 aromatic rings. The Bertz CT molecular complexity index is 3230. The van der Waals surface area contributed by atoms with Gasteiger partial charge < -0.3 is 9.13 Å². The predicted molar refractivity (Wildman–Crippen MR) is 215 cm³/mol. The second-order valence-electron chi connectivity index (χ2n) is 13.2. The molecule has 0 unspecified atom stereocenters. The first-order valence-electron chi connectivity index (χ1n) is 16.9. The molecule has 0 saturated heterocycles. The van der Waals surface area contributed by atoms with Gasteiger partial charge in [0, 0.05) is 42.3 Å². The summed E-state index contributed by atoms with van der Waals surface area (Å²) in [5, 5.41) is 16.2. The van der Waals surface area contributed by atoms with E-state index in [-0.39, 0.29) is 0 Å². The van der Waals surface area contributed by atoms with E-state index in [2.05, 4.69) is 117 Å². The van der Waals surface area contributed by atoms with Gasteiger partial charge in [-0.15, -0.1) is 11.3 Å². The van der Waals surface area contributed by atoms with E-state index in [1.807, 2.05) is 48.5 Å². The van der Waals surface area contributed by atoms with Crippen molar-refractivity contribution in [3.63, 3.8) is 0 Å². The molecule has 0 fully saturated rings. The summed E-state index contributed by atoms with van der Waals surface area (Å²) < 4.78 is 7.01. The number of hydrogen-bond donors (Lipinski definition) is 0. The van der Waals surface area contributed by atoms with Crippen molar-refractivity contribution < 1.29 is 0 Å². The lowest BCUT2D eigenvalue weighted by Crippen LogP contribution is -1.94. The van der Waals surface area contributed by atoms with Crippen molar-refractivity contribution >= 4 is 86.5 Å². The van der Waals surface area contributed by atoms with Gasteiger partial charge in [-0.3, -0.25) is 0 Å². The molecule has 240 valence electrons. The van der Waals surface area contributed by atoms with Crippen LogP contribution in [0.25, 0.3) is 96.0 Å². The maximum absolute atomic E-state index is 9.66. The Morgan fingerprint density at radius 1 is 0.519 bits per heavy atom. The Balaban J connectivity index is 1.14. The van der Waals surface area contributed by atoms with Crippen molar-refractivity contribution in [3.05, 3.63) is 167 Å². The van der Waals surface area contributed by atoms with E-state index in [0.29, 0.717) is 16.9 Å². The van der Waals surface area contributed by atoms with Crippen LogP contribution in [-0.4, -0.2) is 9.13 Å². The zero-order valence-corrected chi connectivity index (χ0v) is 28.7. The number of benzene rings is 7. The van der Waals surface area contributed by atoms with Crippen LogP contribution in [-0.2, 0) is 0 Å². The lowest BCUT2D eigenvalue weighted by atomic mass is 10.0. The van der Waals surface area contributed by atoms with Crippen LogP contribution in [0.2, 0.25) is 0 Å². The smallest absolute Gasteiger partial charge is 0.188 e. The SMILES string of the molecule is [C-]#[N+]c1ccc2c(c1)c1cc([N+]#[C-])ccc1n2-c1cccc(-c2ccc3sc4ccc(-n5c6ccc(C)cc6c6cc(C#N)ccc65)cc4c3c2)c1. The molecule has 10 rings (SSSR count). The topological polar surface area (TPSA) is 42.4 Å². The van der Waals surface area contributed by atoms with Gasteiger partial charge in [-0.1, -0.05) is 42.0 Å². The average Bonchev–Trinajstić information content (AvgIpc) is 3.83. The van der Waals surface area contributed by atoms with Gasteiger partial charge in [-0.05, 0) is 126 Å². The van der Waals surface area contributed by atoms with Gasteiger partial charge >= 0.3 is 0 Å². The summed E-state index contributed by atoms with van der Waals surface area (Å²) >= 11 is 1.80. The van der Waals surface area contributed by atoms with Crippen LogP contribution < -0.4 is 0 Å². The van der Waals surface area contributed by atoms with Gasteiger partial charge in [0.25, 0.3) is 0 Å². The Morgan fingerprint density at radius 3 is 1.75 bits per heavy atom. The summed E-state index contributed by atoms with van der Waals surface area (Å²) in [6.07, 6.45) is 0. The summed E-state index contributed by atoms with van der Waals surface area (Å²) in [6, 6.07) is 48.5. The van der Waals surface area contributed by atoms with Crippen molar-refractivity contribution in [2.24, 2.45) is 0 Å². The molecule has 5 nitrogen and oxygen atoms in total. The summed E-state index contributed by atoms with van der Waals surface area (Å²) in [4.78, 5) is 7.35. The molecule has 0 radical (unpaired) electrons. The predicted octanol–water partition coefficient (Wildman–Crippen LogP) is 13.2. The molecule has 0 atom stereocenters. The van der Waals surface area contributed by atoms with Gasteiger partial charge in [-0.25, -0.2) is 9.69 Å². The fourth-order valence-corrected chi connectivity index (χ4v) is 8.88. The van der Waals surface area contributed by atoms with Gasteiger partial charge in [0.15, 0.2) is 11.4 Å². The molecule has 0 aliphatic rings. The summed E-state index contributed by atoms with van der Waals surface area (Å²) in [7, 11) is 0. The lowest BCUT2D eigenvalue weighted by molar-refractivity contribution is 1.18. The lowest BCUT2D eigenvalue weighted by Gasteiger charge is -2.11. The number of nitriles is 1. The molecule has 0 saturated carbocycles. The number of aromatic nitrogens is 2. The monoisotopic (exact) mass is 679 g/mol.